The average molecular weight is 725 g/mol. The van der Waals surface area contributed by atoms with E-state index in [1.165, 1.54) is 44.5 Å². The van der Waals surface area contributed by atoms with E-state index in [4.69, 9.17) is 15.0 Å². The molecule has 0 unspecified atom stereocenters. The number of nitrogens with zero attached hydrogens (tertiary/aromatic N) is 4. The van der Waals surface area contributed by atoms with Gasteiger partial charge in [-0.1, -0.05) is 170 Å². The Morgan fingerprint density at radius 1 is 0.316 bits per heavy atom. The van der Waals surface area contributed by atoms with Gasteiger partial charge >= 0.3 is 0 Å². The van der Waals surface area contributed by atoms with Crippen molar-refractivity contribution >= 4 is 0 Å². The van der Waals surface area contributed by atoms with Crippen LogP contribution in [-0.2, 0) is 5.41 Å². The first-order valence-electron chi connectivity index (χ1n) is 19.2. The van der Waals surface area contributed by atoms with Gasteiger partial charge in [0.05, 0.1) is 17.0 Å². The fourth-order valence-electron chi connectivity index (χ4n) is 8.99. The minimum atomic E-state index is -0.497. The van der Waals surface area contributed by atoms with Gasteiger partial charge in [-0.15, -0.1) is 0 Å². The summed E-state index contributed by atoms with van der Waals surface area (Å²) in [5, 5.41) is 9.46. The first-order valence-corrected chi connectivity index (χ1v) is 19.2. The van der Waals surface area contributed by atoms with Crippen LogP contribution in [0.3, 0.4) is 0 Å². The van der Waals surface area contributed by atoms with Crippen LogP contribution in [0.25, 0.3) is 78.7 Å². The second kappa shape index (κ2) is 12.9. The quantitative estimate of drug-likeness (QED) is 0.177. The Hall–Kier alpha value is -7.74. The van der Waals surface area contributed by atoms with Gasteiger partial charge in [0, 0.05) is 16.7 Å². The Kier molecular flexibility index (Phi) is 7.42. The normalized spacial score (nSPS) is 12.7. The molecule has 8 aromatic carbocycles. The highest BCUT2D eigenvalue weighted by atomic mass is 15.0. The van der Waals surface area contributed by atoms with Gasteiger partial charge in [0.15, 0.2) is 17.5 Å². The molecular formula is C53H32N4. The van der Waals surface area contributed by atoms with Crippen molar-refractivity contribution in [2.75, 3.05) is 0 Å². The van der Waals surface area contributed by atoms with Gasteiger partial charge in [-0.05, 0) is 91.0 Å². The molecule has 2 aliphatic rings. The number of aromatic nitrogens is 3. The zero-order chi connectivity index (χ0) is 37.9. The van der Waals surface area contributed by atoms with E-state index in [-0.39, 0.29) is 0 Å². The van der Waals surface area contributed by atoms with E-state index in [0.29, 0.717) is 23.0 Å². The van der Waals surface area contributed by atoms with Gasteiger partial charge in [0.1, 0.15) is 0 Å². The minimum absolute atomic E-state index is 0.497. The third-order valence-corrected chi connectivity index (χ3v) is 11.6. The van der Waals surface area contributed by atoms with E-state index in [0.717, 1.165) is 38.9 Å². The van der Waals surface area contributed by atoms with Crippen molar-refractivity contribution < 1.29 is 0 Å². The highest BCUT2D eigenvalue weighted by Crippen LogP contribution is 2.63. The van der Waals surface area contributed by atoms with Gasteiger partial charge < -0.3 is 0 Å². The molecule has 0 saturated heterocycles. The van der Waals surface area contributed by atoms with Crippen molar-refractivity contribution in [1.82, 2.24) is 15.0 Å². The molecule has 0 N–H and O–H groups in total. The van der Waals surface area contributed by atoms with Crippen molar-refractivity contribution in [3.63, 3.8) is 0 Å². The third-order valence-electron chi connectivity index (χ3n) is 11.6. The molecule has 0 saturated carbocycles. The molecule has 4 nitrogen and oxygen atoms in total. The molecule has 0 aliphatic heterocycles. The molecule has 1 spiro atoms. The van der Waals surface area contributed by atoms with Crippen molar-refractivity contribution in [3.8, 4) is 84.7 Å². The first kappa shape index (κ1) is 32.7. The van der Waals surface area contributed by atoms with Gasteiger partial charge in [-0.2, -0.15) is 5.26 Å². The predicted molar refractivity (Wildman–Crippen MR) is 228 cm³/mol. The van der Waals surface area contributed by atoms with Crippen LogP contribution in [0.4, 0.5) is 0 Å². The molecule has 57 heavy (non-hydrogen) atoms. The summed E-state index contributed by atoms with van der Waals surface area (Å²) in [4.78, 5) is 14.8. The lowest BCUT2D eigenvalue weighted by Crippen LogP contribution is -2.26. The minimum Gasteiger partial charge on any atom is -0.208 e. The number of rotatable bonds is 5. The van der Waals surface area contributed by atoms with Crippen LogP contribution in [0.1, 0.15) is 27.8 Å². The second-order valence-corrected chi connectivity index (χ2v) is 14.7. The predicted octanol–water partition coefficient (Wildman–Crippen LogP) is 12.4. The van der Waals surface area contributed by atoms with Crippen LogP contribution in [0.2, 0.25) is 0 Å². The Morgan fingerprint density at radius 2 is 0.667 bits per heavy atom. The van der Waals surface area contributed by atoms with Crippen molar-refractivity contribution in [2.45, 2.75) is 5.41 Å². The SMILES string of the molecule is N#Cc1ccc(-c2ccc3c(c2)C2(c4ccccc4-c4ccccc42)c2cc(-c4ccc(-c5nc(-c6ccccc6)nc(-c6ccccc6)n5)cc4)ccc2-3)cc1. The Labute approximate surface area is 331 Å². The summed E-state index contributed by atoms with van der Waals surface area (Å²) < 4.78 is 0. The molecule has 0 radical (unpaired) electrons. The zero-order valence-electron chi connectivity index (χ0n) is 30.8. The lowest BCUT2D eigenvalue weighted by Gasteiger charge is -2.31. The number of hydrogen-bond acceptors (Lipinski definition) is 4. The summed E-state index contributed by atoms with van der Waals surface area (Å²) in [5.74, 6) is 1.92. The molecule has 1 aromatic heterocycles. The van der Waals surface area contributed by atoms with E-state index >= 15 is 0 Å². The lowest BCUT2D eigenvalue weighted by molar-refractivity contribution is 0.794. The molecule has 0 atom stereocenters. The van der Waals surface area contributed by atoms with E-state index < -0.39 is 5.41 Å². The van der Waals surface area contributed by atoms with Crippen LogP contribution in [-0.4, -0.2) is 15.0 Å². The van der Waals surface area contributed by atoms with Gasteiger partial charge in [-0.25, -0.2) is 15.0 Å². The highest BCUT2D eigenvalue weighted by molar-refractivity contribution is 5.97. The molecule has 0 bridgehead atoms. The maximum atomic E-state index is 9.46. The number of hydrogen-bond donors (Lipinski definition) is 0. The molecule has 0 fully saturated rings. The second-order valence-electron chi connectivity index (χ2n) is 14.7. The Morgan fingerprint density at radius 3 is 1.12 bits per heavy atom. The van der Waals surface area contributed by atoms with Crippen LogP contribution < -0.4 is 0 Å². The molecule has 264 valence electrons. The molecule has 2 aliphatic carbocycles. The van der Waals surface area contributed by atoms with Gasteiger partial charge in [0.2, 0.25) is 0 Å². The fraction of sp³-hybridized carbons (Fsp3) is 0.0189. The summed E-state index contributed by atoms with van der Waals surface area (Å²) in [6.07, 6.45) is 0. The van der Waals surface area contributed by atoms with Crippen LogP contribution in [0.15, 0.2) is 194 Å². The van der Waals surface area contributed by atoms with Gasteiger partial charge in [-0.3, -0.25) is 0 Å². The molecular weight excluding hydrogens is 693 g/mol. The molecule has 9 aromatic rings. The van der Waals surface area contributed by atoms with Crippen LogP contribution >= 0.6 is 0 Å². The number of benzene rings is 8. The number of nitriles is 1. The van der Waals surface area contributed by atoms with E-state index in [1.807, 2.05) is 72.8 Å². The smallest absolute Gasteiger partial charge is 0.164 e. The Balaban J connectivity index is 1.05. The lowest BCUT2D eigenvalue weighted by atomic mass is 9.70. The topological polar surface area (TPSA) is 62.5 Å². The first-order chi connectivity index (χ1) is 28.2. The fourth-order valence-corrected chi connectivity index (χ4v) is 8.99. The van der Waals surface area contributed by atoms with Crippen LogP contribution in [0.5, 0.6) is 0 Å². The zero-order valence-corrected chi connectivity index (χ0v) is 30.8. The Bertz CT molecular complexity index is 2950. The molecule has 4 heteroatoms. The maximum absolute atomic E-state index is 9.46. The molecule has 1 heterocycles. The van der Waals surface area contributed by atoms with E-state index in [2.05, 4.69) is 127 Å². The van der Waals surface area contributed by atoms with Crippen molar-refractivity contribution in [3.05, 3.63) is 222 Å². The molecule has 0 amide bonds. The number of fused-ring (bicyclic) bond motifs is 10. The summed E-state index contributed by atoms with van der Waals surface area (Å²) in [7, 11) is 0. The largest absolute Gasteiger partial charge is 0.208 e. The third kappa shape index (κ3) is 5.10. The van der Waals surface area contributed by atoms with Crippen molar-refractivity contribution in [2.24, 2.45) is 0 Å². The van der Waals surface area contributed by atoms with Gasteiger partial charge in [0.25, 0.3) is 0 Å². The average Bonchev–Trinajstić information content (AvgIpc) is 3.76. The summed E-state index contributed by atoms with van der Waals surface area (Å²) >= 11 is 0. The van der Waals surface area contributed by atoms with Crippen molar-refractivity contribution in [1.29, 1.82) is 5.26 Å². The van der Waals surface area contributed by atoms with E-state index in [1.54, 1.807) is 0 Å². The summed E-state index contributed by atoms with van der Waals surface area (Å²) in [5.41, 5.74) is 17.7. The van der Waals surface area contributed by atoms with E-state index in [9.17, 15) is 5.26 Å². The summed E-state index contributed by atoms with van der Waals surface area (Å²) in [6.45, 7) is 0. The maximum Gasteiger partial charge on any atom is 0.164 e. The monoisotopic (exact) mass is 724 g/mol. The standard InChI is InChI=1S/C53H32N4/c54-33-34-19-21-35(22-20-34)40-27-29-44-45-30-28-41(32-49(45)53(48(44)31-40)46-17-9-7-15-42(46)43-16-8-10-18-47(43)53)36-23-25-39(26-24-36)52-56-50(37-11-3-1-4-12-37)55-51(57-52)38-13-5-2-6-14-38/h1-32H. The molecule has 11 rings (SSSR count). The van der Waals surface area contributed by atoms with Crippen LogP contribution in [0, 0.1) is 11.3 Å². The highest BCUT2D eigenvalue weighted by Gasteiger charge is 2.51. The summed E-state index contributed by atoms with van der Waals surface area (Å²) in [6, 6.07) is 70.6.